The van der Waals surface area contributed by atoms with Gasteiger partial charge in [-0.25, -0.2) is 4.79 Å². The number of aryl methyl sites for hydroxylation is 2. The first-order valence-corrected chi connectivity index (χ1v) is 8.21. The average molecular weight is 303 g/mol. The van der Waals surface area contributed by atoms with Crippen LogP contribution in [0.2, 0.25) is 0 Å². The minimum atomic E-state index is -0.399. The second-order valence-corrected chi connectivity index (χ2v) is 6.92. The smallest absolute Gasteiger partial charge is 0.292 e. The molecule has 2 unspecified atom stereocenters. The first-order chi connectivity index (χ1) is 10.4. The van der Waals surface area contributed by atoms with E-state index >= 15 is 0 Å². The molecule has 1 aliphatic carbocycles. The normalized spacial score (nSPS) is 22.8. The van der Waals surface area contributed by atoms with Crippen molar-refractivity contribution in [1.82, 2.24) is 0 Å². The van der Waals surface area contributed by atoms with Gasteiger partial charge >= 0.3 is 5.97 Å². The fraction of sp³-hybridized carbons (Fsp3) is 0.579. The molecule has 0 N–H and O–H groups in total. The van der Waals surface area contributed by atoms with Crippen LogP contribution in [0, 0.1) is 37.7 Å². The second-order valence-electron chi connectivity index (χ2n) is 6.92. The summed E-state index contributed by atoms with van der Waals surface area (Å²) in [5.74, 6) is 1.07. The van der Waals surface area contributed by atoms with Gasteiger partial charge < -0.3 is 0 Å². The molecule has 1 aliphatic rings. The molecule has 1 saturated carbocycles. The minimum Gasteiger partial charge on any atom is -0.292 e. The maximum atomic E-state index is 12.3. The van der Waals surface area contributed by atoms with Crippen LogP contribution in [0.3, 0.4) is 0 Å². The molecule has 0 amide bonds. The molecule has 2 atom stereocenters. The Kier molecular flexibility index (Phi) is 5.63. The lowest BCUT2D eigenvalue weighted by molar-refractivity contribution is -0.251. The summed E-state index contributed by atoms with van der Waals surface area (Å²) in [7, 11) is 0. The molecule has 0 heterocycles. The van der Waals surface area contributed by atoms with E-state index in [1.54, 1.807) is 0 Å². The van der Waals surface area contributed by atoms with Gasteiger partial charge in [0.1, 0.15) is 0 Å². The Morgan fingerprint density at radius 3 is 2.41 bits per heavy atom. The molecule has 0 aromatic heterocycles. The van der Waals surface area contributed by atoms with Crippen molar-refractivity contribution in [1.29, 1.82) is 0 Å². The molecule has 3 heteroatoms. The lowest BCUT2D eigenvalue weighted by Crippen LogP contribution is -2.28. The van der Waals surface area contributed by atoms with Crippen molar-refractivity contribution >= 4 is 5.97 Å². The summed E-state index contributed by atoms with van der Waals surface area (Å²) in [6, 6.07) is 5.77. The van der Waals surface area contributed by atoms with Gasteiger partial charge in [0, 0.05) is 0 Å². The quantitative estimate of drug-likeness (QED) is 0.579. The van der Waals surface area contributed by atoms with Gasteiger partial charge in [-0.15, -0.1) is 0 Å². The predicted molar refractivity (Wildman–Crippen MR) is 87.0 cm³/mol. The summed E-state index contributed by atoms with van der Waals surface area (Å²) in [5.41, 5.74) is 2.43. The third-order valence-corrected chi connectivity index (χ3v) is 4.65. The lowest BCUT2D eigenvalue weighted by Gasteiger charge is -2.34. The van der Waals surface area contributed by atoms with Crippen molar-refractivity contribution in [2.45, 2.75) is 53.9 Å². The van der Waals surface area contributed by atoms with E-state index in [1.165, 1.54) is 6.42 Å². The van der Waals surface area contributed by atoms with E-state index in [0.29, 0.717) is 23.3 Å². The zero-order valence-corrected chi connectivity index (χ0v) is 14.3. The molecule has 2 rings (SSSR count). The fourth-order valence-corrected chi connectivity index (χ4v) is 3.29. The largest absolute Gasteiger partial charge is 0.373 e. The van der Waals surface area contributed by atoms with Crippen LogP contribution in [0.4, 0.5) is 0 Å². The van der Waals surface area contributed by atoms with Crippen molar-refractivity contribution < 1.29 is 14.6 Å². The number of rotatable bonds is 4. The Bertz CT molecular complexity index is 501. The highest BCUT2D eigenvalue weighted by molar-refractivity contribution is 5.92. The highest BCUT2D eigenvalue weighted by Gasteiger charge is 2.34. The van der Waals surface area contributed by atoms with Gasteiger partial charge in [-0.3, -0.25) is 4.89 Å². The number of hydrogen-bond donors (Lipinski definition) is 0. The zero-order valence-electron chi connectivity index (χ0n) is 14.3. The molecule has 1 aromatic rings. The van der Waals surface area contributed by atoms with Crippen LogP contribution in [0.25, 0.3) is 0 Å². The number of carbonyl (C=O) groups excluding carboxylic acids is 1. The summed E-state index contributed by atoms with van der Waals surface area (Å²) in [6.45, 7) is 10.4. The highest BCUT2D eigenvalue weighted by Crippen LogP contribution is 2.40. The molecule has 1 radical (unpaired) electrons. The molecular formula is C19H27O3. The van der Waals surface area contributed by atoms with Gasteiger partial charge in [0.05, 0.1) is 5.56 Å². The molecule has 1 fully saturated rings. The molecule has 1 aromatic carbocycles. The Labute approximate surface area is 133 Å². The molecule has 0 bridgehead atoms. The number of carbonyl (C=O) groups is 1. The van der Waals surface area contributed by atoms with Crippen LogP contribution in [0.1, 0.15) is 61.5 Å². The van der Waals surface area contributed by atoms with E-state index in [1.807, 2.05) is 32.0 Å². The van der Waals surface area contributed by atoms with E-state index in [2.05, 4.69) is 20.8 Å². The highest BCUT2D eigenvalue weighted by atomic mass is 17.2. The molecular weight excluding hydrogens is 276 g/mol. The Hall–Kier alpha value is -1.35. The average Bonchev–Trinajstić information content (AvgIpc) is 2.44. The van der Waals surface area contributed by atoms with Crippen molar-refractivity contribution in [3.05, 3.63) is 41.0 Å². The van der Waals surface area contributed by atoms with Crippen molar-refractivity contribution in [2.75, 3.05) is 0 Å². The van der Waals surface area contributed by atoms with Crippen molar-refractivity contribution in [3.8, 4) is 0 Å². The Balaban J connectivity index is 2.03. The molecule has 0 saturated heterocycles. The van der Waals surface area contributed by atoms with Gasteiger partial charge in [-0.05, 0) is 55.6 Å². The number of benzene rings is 1. The molecule has 0 spiro atoms. The van der Waals surface area contributed by atoms with Crippen LogP contribution in [0.5, 0.6) is 0 Å². The fourth-order valence-electron chi connectivity index (χ4n) is 3.29. The monoisotopic (exact) mass is 303 g/mol. The van der Waals surface area contributed by atoms with Crippen LogP contribution < -0.4 is 0 Å². The van der Waals surface area contributed by atoms with E-state index in [4.69, 9.17) is 9.78 Å². The van der Waals surface area contributed by atoms with Crippen LogP contribution in [0.15, 0.2) is 18.2 Å². The molecule has 22 heavy (non-hydrogen) atoms. The minimum absolute atomic E-state index is 0.377. The van der Waals surface area contributed by atoms with Crippen LogP contribution in [-0.2, 0) is 9.78 Å². The first-order valence-electron chi connectivity index (χ1n) is 8.21. The van der Waals surface area contributed by atoms with E-state index in [-0.39, 0.29) is 0 Å². The zero-order chi connectivity index (χ0) is 16.3. The summed E-state index contributed by atoms with van der Waals surface area (Å²) in [6.07, 6.45) is 4.12. The van der Waals surface area contributed by atoms with E-state index < -0.39 is 5.97 Å². The third kappa shape index (κ3) is 3.89. The lowest BCUT2D eigenvalue weighted by atomic mass is 9.75. The van der Waals surface area contributed by atoms with E-state index in [0.717, 1.165) is 30.1 Å². The third-order valence-electron chi connectivity index (χ3n) is 4.65. The van der Waals surface area contributed by atoms with Gasteiger partial charge in [-0.2, -0.15) is 4.89 Å². The van der Waals surface area contributed by atoms with Crippen LogP contribution >= 0.6 is 0 Å². The van der Waals surface area contributed by atoms with Crippen LogP contribution in [-0.4, -0.2) is 5.97 Å². The topological polar surface area (TPSA) is 35.5 Å². The molecule has 121 valence electrons. The summed E-state index contributed by atoms with van der Waals surface area (Å²) in [4.78, 5) is 23.0. The van der Waals surface area contributed by atoms with Crippen molar-refractivity contribution in [2.24, 2.45) is 17.8 Å². The standard InChI is InChI=1S/C19H27O3/c1-12(2)16-10-9-13(3)11-17(16)21-22-19(20)18-14(4)7-6-8-15(18)5/h6-8,12-13,16H,9-11H2,1-5H3. The van der Waals surface area contributed by atoms with Gasteiger partial charge in [0.2, 0.25) is 0 Å². The Morgan fingerprint density at radius 2 is 1.82 bits per heavy atom. The maximum Gasteiger partial charge on any atom is 0.373 e. The summed E-state index contributed by atoms with van der Waals surface area (Å²) in [5, 5.41) is 0. The van der Waals surface area contributed by atoms with Gasteiger partial charge in [0.25, 0.3) is 0 Å². The Morgan fingerprint density at radius 1 is 1.18 bits per heavy atom. The van der Waals surface area contributed by atoms with Gasteiger partial charge in [-0.1, -0.05) is 45.4 Å². The predicted octanol–water partition coefficient (Wildman–Crippen LogP) is 5.02. The van der Waals surface area contributed by atoms with Gasteiger partial charge in [0.15, 0.2) is 6.10 Å². The first kappa shape index (κ1) is 17.0. The number of hydrogen-bond acceptors (Lipinski definition) is 3. The van der Waals surface area contributed by atoms with Crippen molar-refractivity contribution in [3.63, 3.8) is 0 Å². The summed E-state index contributed by atoms with van der Waals surface area (Å²) >= 11 is 0. The van der Waals surface area contributed by atoms with E-state index in [9.17, 15) is 4.79 Å². The molecule has 3 nitrogen and oxygen atoms in total. The summed E-state index contributed by atoms with van der Waals surface area (Å²) < 4.78 is 0. The second kappa shape index (κ2) is 7.28. The molecule has 0 aliphatic heterocycles. The SMILES string of the molecule is Cc1cccc(C)c1C(=O)OO[C]1CC(C)CCC1C(C)C. The maximum absolute atomic E-state index is 12.3.